The summed E-state index contributed by atoms with van der Waals surface area (Å²) in [5.41, 5.74) is 11.0. The van der Waals surface area contributed by atoms with Crippen molar-refractivity contribution in [2.75, 3.05) is 0 Å². The van der Waals surface area contributed by atoms with Gasteiger partial charge in [0.05, 0.1) is 0 Å². The standard InChI is InChI=1S/C57H68S/c1-37-17-6-9-22-43(37)47-35-42(32-31-38(47)2)48(36-41-21-8-10-23-44(41)39-18-4-3-5-19-39)46-25-16-28-51-56(46)55-45-24-11-7-20-40(45)33-34-52(55)57(51)49-26-12-14-29-53(49)58-54-30-15-13-27-50(54)57/h3-6,8,10,12,14-15,17-19,21,23,26,29-30,36-38,40-47,52,55H,7,9,11,13,16,20,22,24-25,27-28,31-35H2,1-2H3/b48-36+. The first-order valence-electron chi connectivity index (χ1n) is 24.3. The summed E-state index contributed by atoms with van der Waals surface area (Å²) in [6, 6.07) is 21.4. The highest BCUT2D eigenvalue weighted by Gasteiger charge is 2.63. The Bertz CT molecular complexity index is 2080. The van der Waals surface area contributed by atoms with Crippen molar-refractivity contribution in [2.45, 2.75) is 133 Å². The zero-order valence-electron chi connectivity index (χ0n) is 35.5. The van der Waals surface area contributed by atoms with Gasteiger partial charge in [0.2, 0.25) is 0 Å². The van der Waals surface area contributed by atoms with Crippen molar-refractivity contribution in [2.24, 2.45) is 65.1 Å². The molecule has 1 heteroatoms. The minimum absolute atomic E-state index is 0.0989. The molecule has 302 valence electrons. The molecule has 3 fully saturated rings. The van der Waals surface area contributed by atoms with Crippen molar-refractivity contribution >= 4 is 11.8 Å². The van der Waals surface area contributed by atoms with Crippen LogP contribution in [0.15, 0.2) is 141 Å². The number of hydrogen-bond acceptors (Lipinski definition) is 1. The fraction of sp³-hybridized carbons (Fsp3) is 0.544. The highest BCUT2D eigenvalue weighted by molar-refractivity contribution is 8.03. The zero-order valence-corrected chi connectivity index (χ0v) is 36.4. The maximum atomic E-state index is 2.96. The predicted octanol–water partition coefficient (Wildman–Crippen LogP) is 15.7. The lowest BCUT2D eigenvalue weighted by Crippen LogP contribution is -2.46. The molecule has 8 aliphatic carbocycles. The van der Waals surface area contributed by atoms with Gasteiger partial charge in [-0.15, -0.1) is 0 Å². The minimum Gasteiger partial charge on any atom is -0.0898 e. The van der Waals surface area contributed by atoms with Gasteiger partial charge in [-0.1, -0.05) is 165 Å². The Morgan fingerprint density at radius 2 is 1.57 bits per heavy atom. The van der Waals surface area contributed by atoms with Gasteiger partial charge in [0.1, 0.15) is 0 Å². The van der Waals surface area contributed by atoms with E-state index in [1.165, 1.54) is 108 Å². The van der Waals surface area contributed by atoms with Crippen LogP contribution in [0.5, 0.6) is 0 Å². The normalized spacial score (nSPS) is 40.6. The van der Waals surface area contributed by atoms with E-state index in [4.69, 9.17) is 0 Å². The molecule has 13 atom stereocenters. The van der Waals surface area contributed by atoms with Crippen LogP contribution in [0.4, 0.5) is 0 Å². The third-order valence-electron chi connectivity index (χ3n) is 18.1. The lowest BCUT2D eigenvalue weighted by molar-refractivity contribution is 0.0596. The van der Waals surface area contributed by atoms with Crippen molar-refractivity contribution < 1.29 is 0 Å². The largest absolute Gasteiger partial charge is 0.0898 e. The van der Waals surface area contributed by atoms with Crippen molar-refractivity contribution in [3.8, 4) is 0 Å². The molecular weight excluding hydrogens is 717 g/mol. The number of allylic oxidation sites excluding steroid dienone is 13. The molecule has 58 heavy (non-hydrogen) atoms. The van der Waals surface area contributed by atoms with E-state index in [1.54, 1.807) is 15.4 Å². The fourth-order valence-corrected chi connectivity index (χ4v) is 17.0. The molecular formula is C57H68S. The molecule has 0 aromatic heterocycles. The summed E-state index contributed by atoms with van der Waals surface area (Å²) in [5, 5.41) is 0. The summed E-state index contributed by atoms with van der Waals surface area (Å²) in [6.45, 7) is 5.18. The monoisotopic (exact) mass is 785 g/mol. The van der Waals surface area contributed by atoms with Gasteiger partial charge in [-0.2, -0.15) is 0 Å². The molecule has 9 aliphatic rings. The van der Waals surface area contributed by atoms with Gasteiger partial charge in [0.25, 0.3) is 0 Å². The summed E-state index contributed by atoms with van der Waals surface area (Å²) < 4.78 is 0. The first kappa shape index (κ1) is 37.9. The van der Waals surface area contributed by atoms with Crippen LogP contribution in [0.2, 0.25) is 0 Å². The van der Waals surface area contributed by atoms with Gasteiger partial charge in [-0.25, -0.2) is 0 Å². The third-order valence-corrected chi connectivity index (χ3v) is 19.3. The Balaban J connectivity index is 1.11. The van der Waals surface area contributed by atoms with Gasteiger partial charge >= 0.3 is 0 Å². The molecule has 0 bridgehead atoms. The Morgan fingerprint density at radius 1 is 0.707 bits per heavy atom. The molecule has 13 unspecified atom stereocenters. The van der Waals surface area contributed by atoms with E-state index in [0.717, 1.165) is 41.4 Å². The SMILES string of the molecule is CC1C=CCCC1C1CC(/C(=C\C2C=CC=CC2c2ccccc2)C2CCCC3=C2C2C4CCCCC4CCC2C32C3=C(C=CCC3)Sc3ccccc32)CCC1C. The van der Waals surface area contributed by atoms with Crippen LogP contribution in [-0.4, -0.2) is 0 Å². The molecule has 11 rings (SSSR count). The van der Waals surface area contributed by atoms with Gasteiger partial charge in [-0.3, -0.25) is 0 Å². The summed E-state index contributed by atoms with van der Waals surface area (Å²) in [4.78, 5) is 3.18. The summed E-state index contributed by atoms with van der Waals surface area (Å²) in [6.07, 6.45) is 45.0. The summed E-state index contributed by atoms with van der Waals surface area (Å²) in [5.74, 6) is 8.56. The number of hydrogen-bond donors (Lipinski definition) is 0. The topological polar surface area (TPSA) is 0 Å². The smallest absolute Gasteiger partial charge is 0.0432 e. The maximum absolute atomic E-state index is 2.96. The number of benzene rings is 2. The number of fused-ring (bicyclic) bond motifs is 9. The Kier molecular flexibility index (Phi) is 10.3. The van der Waals surface area contributed by atoms with Crippen LogP contribution < -0.4 is 0 Å². The highest BCUT2D eigenvalue weighted by atomic mass is 32.2. The third kappa shape index (κ3) is 6.19. The molecule has 0 radical (unpaired) electrons. The quantitative estimate of drug-likeness (QED) is 0.272. The second-order valence-corrected chi connectivity index (χ2v) is 21.7. The highest BCUT2D eigenvalue weighted by Crippen LogP contribution is 2.72. The molecule has 3 saturated carbocycles. The van der Waals surface area contributed by atoms with Crippen LogP contribution in [0, 0.1) is 65.1 Å². The van der Waals surface area contributed by atoms with E-state index >= 15 is 0 Å². The predicted molar refractivity (Wildman–Crippen MR) is 245 cm³/mol. The van der Waals surface area contributed by atoms with Crippen molar-refractivity contribution in [3.05, 3.63) is 148 Å². The van der Waals surface area contributed by atoms with Gasteiger partial charge < -0.3 is 0 Å². The summed E-state index contributed by atoms with van der Waals surface area (Å²) >= 11 is 2.11. The van der Waals surface area contributed by atoms with Crippen LogP contribution in [0.25, 0.3) is 0 Å². The molecule has 1 heterocycles. The van der Waals surface area contributed by atoms with E-state index in [9.17, 15) is 0 Å². The van der Waals surface area contributed by atoms with Crippen LogP contribution in [0.1, 0.15) is 134 Å². The Morgan fingerprint density at radius 3 is 2.48 bits per heavy atom. The van der Waals surface area contributed by atoms with Crippen molar-refractivity contribution in [1.82, 2.24) is 0 Å². The van der Waals surface area contributed by atoms with Gasteiger partial charge in [-0.05, 0) is 159 Å². The van der Waals surface area contributed by atoms with E-state index in [2.05, 4.69) is 135 Å². The molecule has 0 nitrogen and oxygen atoms in total. The van der Waals surface area contributed by atoms with E-state index < -0.39 is 0 Å². The molecule has 1 aliphatic heterocycles. The van der Waals surface area contributed by atoms with Crippen LogP contribution >= 0.6 is 11.8 Å². The molecule has 0 amide bonds. The number of thioether (sulfide) groups is 1. The zero-order chi connectivity index (χ0) is 38.8. The Hall–Kier alpha value is -3.03. The number of rotatable bonds is 5. The second kappa shape index (κ2) is 15.8. The van der Waals surface area contributed by atoms with E-state index in [0.29, 0.717) is 29.6 Å². The first-order chi connectivity index (χ1) is 28.6. The van der Waals surface area contributed by atoms with Crippen molar-refractivity contribution in [1.29, 1.82) is 0 Å². The average Bonchev–Trinajstić information content (AvgIpc) is 3.58. The van der Waals surface area contributed by atoms with Gasteiger partial charge in [0.15, 0.2) is 0 Å². The molecule has 0 saturated heterocycles. The average molecular weight is 785 g/mol. The molecule has 2 aromatic rings. The lowest BCUT2D eigenvalue weighted by atomic mass is 9.53. The van der Waals surface area contributed by atoms with Crippen molar-refractivity contribution in [3.63, 3.8) is 0 Å². The van der Waals surface area contributed by atoms with Crippen LogP contribution in [0.3, 0.4) is 0 Å². The van der Waals surface area contributed by atoms with E-state index in [1.807, 2.05) is 22.3 Å². The van der Waals surface area contributed by atoms with Gasteiger partial charge in [0, 0.05) is 33.0 Å². The first-order valence-corrected chi connectivity index (χ1v) is 25.1. The molecule has 1 spiro atoms. The fourth-order valence-electron chi connectivity index (χ4n) is 15.8. The minimum atomic E-state index is 0.0989. The van der Waals surface area contributed by atoms with E-state index in [-0.39, 0.29) is 5.41 Å². The lowest BCUT2D eigenvalue weighted by Gasteiger charge is -2.52. The van der Waals surface area contributed by atoms with Crippen LogP contribution in [-0.2, 0) is 5.41 Å². The molecule has 2 aromatic carbocycles. The maximum Gasteiger partial charge on any atom is 0.0432 e. The second-order valence-electron chi connectivity index (χ2n) is 20.6. The molecule has 0 N–H and O–H groups in total. The summed E-state index contributed by atoms with van der Waals surface area (Å²) in [7, 11) is 0. The Labute approximate surface area is 355 Å².